The highest BCUT2D eigenvalue weighted by Crippen LogP contribution is 1.99. The molecule has 0 aliphatic heterocycles. The van der Waals surface area contributed by atoms with Gasteiger partial charge in [0.25, 0.3) is 0 Å². The van der Waals surface area contributed by atoms with Gasteiger partial charge in [-0.15, -0.1) is 0 Å². The smallest absolute Gasteiger partial charge is 0.173 e. The van der Waals surface area contributed by atoms with Crippen molar-refractivity contribution in [1.82, 2.24) is 9.78 Å². The number of nitrogens with zero attached hydrogens (tertiary/aromatic N) is 2. The van der Waals surface area contributed by atoms with E-state index in [-0.39, 0.29) is 5.82 Å². The summed E-state index contributed by atoms with van der Waals surface area (Å²) >= 11 is 0. The van der Waals surface area contributed by atoms with E-state index in [0.29, 0.717) is 5.69 Å². The standard InChI is InChI=1S/C5H6FN2/c1-4-5(6)3-7-8(4)2/h1-2H3. The van der Waals surface area contributed by atoms with Gasteiger partial charge in [-0.2, -0.15) is 5.10 Å². The molecule has 2 nitrogen and oxygen atoms in total. The molecule has 1 aromatic heterocycles. The maximum Gasteiger partial charge on any atom is 0.173 e. The largest absolute Gasteiger partial charge is 0.269 e. The van der Waals surface area contributed by atoms with Crippen molar-refractivity contribution in [3.8, 4) is 0 Å². The van der Waals surface area contributed by atoms with Crippen LogP contribution in [-0.4, -0.2) is 9.78 Å². The average molecular weight is 113 g/mol. The Hall–Kier alpha value is -0.860. The van der Waals surface area contributed by atoms with Gasteiger partial charge in [0.1, 0.15) is 0 Å². The number of hydrogen-bond donors (Lipinski definition) is 0. The molecule has 0 spiro atoms. The maximum atomic E-state index is 12.2. The minimum atomic E-state index is -0.368. The van der Waals surface area contributed by atoms with Crippen LogP contribution in [0.5, 0.6) is 0 Å². The predicted molar refractivity (Wildman–Crippen MR) is 26.7 cm³/mol. The van der Waals surface area contributed by atoms with Crippen LogP contribution in [0.1, 0.15) is 5.69 Å². The van der Waals surface area contributed by atoms with E-state index >= 15 is 0 Å². The third kappa shape index (κ3) is 0.598. The first-order chi connectivity index (χ1) is 3.72. The summed E-state index contributed by atoms with van der Waals surface area (Å²) in [4.78, 5) is 0. The number of hydrogen-bond acceptors (Lipinski definition) is 1. The Labute approximate surface area is 46.9 Å². The van der Waals surface area contributed by atoms with Crippen molar-refractivity contribution in [3.05, 3.63) is 17.7 Å². The minimum Gasteiger partial charge on any atom is -0.269 e. The first-order valence-corrected chi connectivity index (χ1v) is 2.28. The first kappa shape index (κ1) is 5.28. The van der Waals surface area contributed by atoms with Gasteiger partial charge in [-0.3, -0.25) is 4.68 Å². The molecule has 0 aliphatic carbocycles. The predicted octanol–water partition coefficient (Wildman–Crippen LogP) is 0.668. The number of rotatable bonds is 0. The summed E-state index contributed by atoms with van der Waals surface area (Å²) < 4.78 is 13.6. The van der Waals surface area contributed by atoms with Crippen molar-refractivity contribution >= 4 is 0 Å². The van der Waals surface area contributed by atoms with Crippen LogP contribution in [0.25, 0.3) is 0 Å². The molecular weight excluding hydrogens is 107 g/mol. The van der Waals surface area contributed by atoms with E-state index in [9.17, 15) is 4.39 Å². The molecular formula is C5H6FN2. The van der Waals surface area contributed by atoms with Gasteiger partial charge in [-0.25, -0.2) is 4.39 Å². The monoisotopic (exact) mass is 113 g/mol. The normalized spacial score (nSPS) is 9.88. The summed E-state index contributed by atoms with van der Waals surface area (Å²) in [7, 11) is 1.68. The Bertz CT molecular complexity index is 173. The van der Waals surface area contributed by atoms with Crippen molar-refractivity contribution in [2.45, 2.75) is 6.92 Å². The van der Waals surface area contributed by atoms with Gasteiger partial charge in [0, 0.05) is 7.05 Å². The summed E-state index contributed by atoms with van der Waals surface area (Å²) in [6.45, 7) is 1.65. The number of aromatic nitrogens is 2. The molecule has 1 aromatic rings. The van der Waals surface area contributed by atoms with Gasteiger partial charge in [0.05, 0.1) is 5.69 Å². The van der Waals surface area contributed by atoms with Gasteiger partial charge < -0.3 is 0 Å². The molecule has 0 amide bonds. The van der Waals surface area contributed by atoms with E-state index in [1.165, 1.54) is 4.68 Å². The summed E-state index contributed by atoms with van der Waals surface area (Å²) in [5, 5.41) is 3.53. The van der Waals surface area contributed by atoms with Crippen LogP contribution in [-0.2, 0) is 7.05 Å². The molecule has 3 heteroatoms. The van der Waals surface area contributed by atoms with Crippen LogP contribution in [0.3, 0.4) is 0 Å². The number of halogens is 1. The molecule has 1 heterocycles. The van der Waals surface area contributed by atoms with Crippen molar-refractivity contribution in [2.24, 2.45) is 7.05 Å². The Morgan fingerprint density at radius 2 is 2.38 bits per heavy atom. The van der Waals surface area contributed by atoms with Crippen LogP contribution in [0.2, 0.25) is 0 Å². The molecule has 1 rings (SSSR count). The fourth-order valence-electron chi connectivity index (χ4n) is 0.417. The zero-order valence-electron chi connectivity index (χ0n) is 4.77. The van der Waals surface area contributed by atoms with Gasteiger partial charge >= 0.3 is 0 Å². The lowest BCUT2D eigenvalue weighted by Crippen LogP contribution is -1.92. The molecule has 0 N–H and O–H groups in total. The van der Waals surface area contributed by atoms with Crippen molar-refractivity contribution in [2.75, 3.05) is 0 Å². The molecule has 43 valence electrons. The van der Waals surface area contributed by atoms with E-state index in [2.05, 4.69) is 11.3 Å². The fraction of sp³-hybridized carbons (Fsp3) is 0.400. The average Bonchev–Trinajstić information content (AvgIpc) is 1.98. The lowest BCUT2D eigenvalue weighted by atomic mass is 10.5. The van der Waals surface area contributed by atoms with Crippen LogP contribution in [0.15, 0.2) is 0 Å². The van der Waals surface area contributed by atoms with Gasteiger partial charge in [-0.1, -0.05) is 0 Å². The van der Waals surface area contributed by atoms with Crippen molar-refractivity contribution < 1.29 is 4.39 Å². The zero-order chi connectivity index (χ0) is 6.15. The van der Waals surface area contributed by atoms with Crippen molar-refractivity contribution in [1.29, 1.82) is 0 Å². The van der Waals surface area contributed by atoms with Gasteiger partial charge in [0.15, 0.2) is 12.0 Å². The molecule has 0 saturated heterocycles. The van der Waals surface area contributed by atoms with Gasteiger partial charge in [0.2, 0.25) is 0 Å². The molecule has 0 fully saturated rings. The molecule has 0 aromatic carbocycles. The van der Waals surface area contributed by atoms with Crippen LogP contribution in [0, 0.1) is 18.9 Å². The Balaban J connectivity index is 3.19. The van der Waals surface area contributed by atoms with Crippen LogP contribution < -0.4 is 0 Å². The Morgan fingerprint density at radius 3 is 2.50 bits per heavy atom. The summed E-state index contributed by atoms with van der Waals surface area (Å²) in [5.41, 5.74) is 0.519. The SMILES string of the molecule is Cc1c(F)[c]nn1C. The summed E-state index contributed by atoms with van der Waals surface area (Å²) in [6.07, 6.45) is 2.18. The molecule has 0 aliphatic rings. The second-order valence-electron chi connectivity index (χ2n) is 1.63. The number of aryl methyl sites for hydroxylation is 1. The van der Waals surface area contributed by atoms with E-state index in [1.807, 2.05) is 0 Å². The Kier molecular flexibility index (Phi) is 1.04. The fourth-order valence-corrected chi connectivity index (χ4v) is 0.417. The maximum absolute atomic E-state index is 12.2. The van der Waals surface area contributed by atoms with Crippen molar-refractivity contribution in [3.63, 3.8) is 0 Å². The molecule has 0 bridgehead atoms. The lowest BCUT2D eigenvalue weighted by Gasteiger charge is -1.88. The van der Waals surface area contributed by atoms with E-state index in [0.717, 1.165) is 0 Å². The van der Waals surface area contributed by atoms with Crippen LogP contribution >= 0.6 is 0 Å². The molecule has 0 unspecified atom stereocenters. The highest BCUT2D eigenvalue weighted by molar-refractivity contribution is 4.98. The zero-order valence-corrected chi connectivity index (χ0v) is 4.77. The summed E-state index contributed by atoms with van der Waals surface area (Å²) in [6, 6.07) is 0. The van der Waals surface area contributed by atoms with E-state index in [4.69, 9.17) is 0 Å². The minimum absolute atomic E-state index is 0.368. The summed E-state index contributed by atoms with van der Waals surface area (Å²) in [5.74, 6) is -0.368. The Morgan fingerprint density at radius 1 is 1.75 bits per heavy atom. The second kappa shape index (κ2) is 1.58. The second-order valence-corrected chi connectivity index (χ2v) is 1.63. The topological polar surface area (TPSA) is 17.8 Å². The highest BCUT2D eigenvalue weighted by atomic mass is 19.1. The first-order valence-electron chi connectivity index (χ1n) is 2.28. The molecule has 0 atom stereocenters. The van der Waals surface area contributed by atoms with Gasteiger partial charge in [-0.05, 0) is 6.92 Å². The third-order valence-corrected chi connectivity index (χ3v) is 1.10. The molecule has 8 heavy (non-hydrogen) atoms. The highest BCUT2D eigenvalue weighted by Gasteiger charge is 1.99. The quantitative estimate of drug-likeness (QED) is 0.483. The molecule has 0 saturated carbocycles. The van der Waals surface area contributed by atoms with E-state index in [1.54, 1.807) is 14.0 Å². The lowest BCUT2D eigenvalue weighted by molar-refractivity contribution is 0.609. The van der Waals surface area contributed by atoms with Crippen LogP contribution in [0.4, 0.5) is 4.39 Å². The third-order valence-electron chi connectivity index (χ3n) is 1.10. The molecule has 1 radical (unpaired) electrons. The van der Waals surface area contributed by atoms with E-state index < -0.39 is 0 Å².